The first kappa shape index (κ1) is 21.1. The minimum absolute atomic E-state index is 0.131. The van der Waals surface area contributed by atoms with Crippen LogP contribution in [-0.2, 0) is 11.8 Å². The molecule has 1 aromatic carbocycles. The predicted octanol–water partition coefficient (Wildman–Crippen LogP) is 4.23. The van der Waals surface area contributed by atoms with Crippen LogP contribution in [0.2, 0.25) is 5.02 Å². The Kier molecular flexibility index (Phi) is 6.14. The molecule has 1 N–H and O–H groups in total. The van der Waals surface area contributed by atoms with Gasteiger partial charge in [0.15, 0.2) is 16.8 Å². The highest BCUT2D eigenvalue weighted by molar-refractivity contribution is 8.00. The molecular formula is C20H21ClN4O3S. The number of nitrogens with one attached hydrogen (secondary N) is 1. The third kappa shape index (κ3) is 3.95. The zero-order valence-corrected chi connectivity index (χ0v) is 18.3. The minimum atomic E-state index is -0.465. The molecule has 0 fully saturated rings. The maximum Gasteiger partial charge on any atom is 0.339 e. The molecule has 0 radical (unpaired) electrons. The van der Waals surface area contributed by atoms with Gasteiger partial charge in [0.2, 0.25) is 0 Å². The number of methoxy groups -OCH3 is 1. The molecule has 3 aromatic rings. The van der Waals surface area contributed by atoms with Gasteiger partial charge in [0.05, 0.1) is 28.6 Å². The zero-order chi connectivity index (χ0) is 21.3. The third-order valence-electron chi connectivity index (χ3n) is 4.67. The number of H-pyrrole nitrogens is 1. The summed E-state index contributed by atoms with van der Waals surface area (Å²) in [6.45, 7) is 5.27. The number of hydrogen-bond donors (Lipinski definition) is 1. The van der Waals surface area contributed by atoms with Crippen molar-refractivity contribution < 1.29 is 14.3 Å². The summed E-state index contributed by atoms with van der Waals surface area (Å²) in [5.74, 6) is 0.0268. The second-order valence-corrected chi connectivity index (χ2v) is 8.30. The lowest BCUT2D eigenvalue weighted by Crippen LogP contribution is -2.16. The smallest absolute Gasteiger partial charge is 0.339 e. The Balaban J connectivity index is 1.85. The Labute approximate surface area is 177 Å². The highest BCUT2D eigenvalue weighted by atomic mass is 35.5. The molecule has 0 aliphatic rings. The fourth-order valence-corrected chi connectivity index (χ4v) is 4.21. The second kappa shape index (κ2) is 8.42. The van der Waals surface area contributed by atoms with E-state index in [0.717, 1.165) is 5.56 Å². The van der Waals surface area contributed by atoms with Gasteiger partial charge in [0.25, 0.3) is 0 Å². The molecule has 0 saturated heterocycles. The van der Waals surface area contributed by atoms with Gasteiger partial charge in [0, 0.05) is 18.3 Å². The molecule has 0 spiro atoms. The SMILES string of the molecule is COC(=O)c1c(C)[nH]c(C(=O)[C@@H](C)Sc2nnc(-c3ccccc3Cl)n2C)c1C. The van der Waals surface area contributed by atoms with E-state index < -0.39 is 11.2 Å². The monoisotopic (exact) mass is 432 g/mol. The predicted molar refractivity (Wildman–Crippen MR) is 113 cm³/mol. The summed E-state index contributed by atoms with van der Waals surface area (Å²) < 4.78 is 6.62. The van der Waals surface area contributed by atoms with E-state index in [4.69, 9.17) is 16.3 Å². The molecule has 0 aliphatic heterocycles. The van der Waals surface area contributed by atoms with Crippen LogP contribution in [0.15, 0.2) is 29.4 Å². The molecule has 1 atom stereocenters. The quantitative estimate of drug-likeness (QED) is 0.356. The number of benzene rings is 1. The lowest BCUT2D eigenvalue weighted by atomic mass is 10.1. The molecule has 0 unspecified atom stereocenters. The molecule has 0 bridgehead atoms. The van der Waals surface area contributed by atoms with E-state index in [0.29, 0.717) is 38.5 Å². The number of ketones is 1. The van der Waals surface area contributed by atoms with Crippen LogP contribution in [-0.4, -0.2) is 43.9 Å². The number of thioether (sulfide) groups is 1. The molecule has 0 saturated carbocycles. The number of hydrogen-bond acceptors (Lipinski definition) is 6. The molecule has 7 nitrogen and oxygen atoms in total. The third-order valence-corrected chi connectivity index (χ3v) is 6.14. The lowest BCUT2D eigenvalue weighted by molar-refractivity contribution is 0.0599. The number of aryl methyl sites for hydroxylation is 1. The van der Waals surface area contributed by atoms with Crippen molar-refractivity contribution in [3.8, 4) is 11.4 Å². The molecule has 3 rings (SSSR count). The molecule has 152 valence electrons. The number of carbonyl (C=O) groups excluding carboxylic acids is 2. The number of nitrogens with zero attached hydrogens (tertiary/aromatic N) is 3. The van der Waals surface area contributed by atoms with Gasteiger partial charge >= 0.3 is 5.97 Å². The van der Waals surface area contributed by atoms with Gasteiger partial charge in [0.1, 0.15) is 0 Å². The summed E-state index contributed by atoms with van der Waals surface area (Å²) in [7, 11) is 3.15. The first-order valence-electron chi connectivity index (χ1n) is 8.88. The Morgan fingerprint density at radius 2 is 1.93 bits per heavy atom. The minimum Gasteiger partial charge on any atom is -0.465 e. The van der Waals surface area contributed by atoms with Crippen LogP contribution in [0.3, 0.4) is 0 Å². The van der Waals surface area contributed by atoms with E-state index in [9.17, 15) is 9.59 Å². The fourth-order valence-electron chi connectivity index (χ4n) is 3.11. The number of esters is 1. The summed E-state index contributed by atoms with van der Waals surface area (Å²) in [5.41, 5.74) is 2.76. The van der Waals surface area contributed by atoms with Crippen molar-refractivity contribution in [1.82, 2.24) is 19.7 Å². The number of ether oxygens (including phenoxy) is 1. The van der Waals surface area contributed by atoms with Crippen LogP contribution in [0.1, 0.15) is 39.0 Å². The van der Waals surface area contributed by atoms with Crippen molar-refractivity contribution in [2.24, 2.45) is 7.05 Å². The van der Waals surface area contributed by atoms with Crippen molar-refractivity contribution in [2.75, 3.05) is 7.11 Å². The van der Waals surface area contributed by atoms with Gasteiger partial charge in [-0.1, -0.05) is 35.5 Å². The summed E-state index contributed by atoms with van der Waals surface area (Å²) in [6.07, 6.45) is 0. The molecule has 2 heterocycles. The van der Waals surface area contributed by atoms with Gasteiger partial charge in [-0.3, -0.25) is 4.79 Å². The summed E-state index contributed by atoms with van der Waals surface area (Å²) in [6, 6.07) is 7.39. The van der Waals surface area contributed by atoms with E-state index in [1.165, 1.54) is 18.9 Å². The Bertz CT molecular complexity index is 1090. The second-order valence-electron chi connectivity index (χ2n) is 6.59. The number of aromatic nitrogens is 4. The number of halogens is 1. The number of Topliss-reactive ketones (excluding diaryl/α,β-unsaturated/α-hetero) is 1. The van der Waals surface area contributed by atoms with Gasteiger partial charge in [-0.05, 0) is 38.5 Å². The normalized spacial score (nSPS) is 12.1. The van der Waals surface area contributed by atoms with Crippen molar-refractivity contribution in [1.29, 1.82) is 0 Å². The zero-order valence-electron chi connectivity index (χ0n) is 16.7. The molecule has 0 aliphatic carbocycles. The highest BCUT2D eigenvalue weighted by Crippen LogP contribution is 2.31. The average molecular weight is 433 g/mol. The topological polar surface area (TPSA) is 89.9 Å². The average Bonchev–Trinajstić information content (AvgIpc) is 3.20. The Morgan fingerprint density at radius 1 is 1.24 bits per heavy atom. The van der Waals surface area contributed by atoms with Crippen LogP contribution < -0.4 is 0 Å². The maximum absolute atomic E-state index is 13.0. The number of aromatic amines is 1. The van der Waals surface area contributed by atoms with E-state index in [2.05, 4.69) is 15.2 Å². The van der Waals surface area contributed by atoms with Crippen LogP contribution in [0.5, 0.6) is 0 Å². The van der Waals surface area contributed by atoms with Gasteiger partial charge in [-0.2, -0.15) is 0 Å². The Hall–Kier alpha value is -2.58. The molecular weight excluding hydrogens is 412 g/mol. The van der Waals surface area contributed by atoms with Gasteiger partial charge in [-0.25, -0.2) is 4.79 Å². The van der Waals surface area contributed by atoms with Gasteiger partial charge < -0.3 is 14.3 Å². The molecule has 0 amide bonds. The van der Waals surface area contributed by atoms with Crippen LogP contribution in [0.4, 0.5) is 0 Å². The largest absolute Gasteiger partial charge is 0.465 e. The van der Waals surface area contributed by atoms with Crippen LogP contribution in [0, 0.1) is 13.8 Å². The number of rotatable bonds is 6. The van der Waals surface area contributed by atoms with Gasteiger partial charge in [-0.15, -0.1) is 10.2 Å². The van der Waals surface area contributed by atoms with E-state index in [1.807, 2.05) is 29.8 Å². The van der Waals surface area contributed by atoms with E-state index in [-0.39, 0.29) is 5.78 Å². The first-order chi connectivity index (χ1) is 13.8. The van der Waals surface area contributed by atoms with Crippen LogP contribution >= 0.6 is 23.4 Å². The fraction of sp³-hybridized carbons (Fsp3) is 0.300. The lowest BCUT2D eigenvalue weighted by Gasteiger charge is -2.10. The number of carbonyl (C=O) groups is 2. The molecule has 29 heavy (non-hydrogen) atoms. The summed E-state index contributed by atoms with van der Waals surface area (Å²) >= 11 is 7.56. The Morgan fingerprint density at radius 3 is 2.59 bits per heavy atom. The highest BCUT2D eigenvalue weighted by Gasteiger charge is 2.27. The molecule has 9 heteroatoms. The summed E-state index contributed by atoms with van der Waals surface area (Å²) in [5, 5.41) is 9.17. The van der Waals surface area contributed by atoms with Crippen molar-refractivity contribution in [2.45, 2.75) is 31.2 Å². The van der Waals surface area contributed by atoms with Crippen LogP contribution in [0.25, 0.3) is 11.4 Å². The standard InChI is InChI=1S/C20H21ClN4O3S/c1-10-15(19(27)28-5)11(2)22-16(10)17(26)12(3)29-20-24-23-18(25(20)4)13-8-6-7-9-14(13)21/h6-9,12,22H,1-5H3/t12-/m1/s1. The van der Waals surface area contributed by atoms with Crippen molar-refractivity contribution >= 4 is 35.1 Å². The van der Waals surface area contributed by atoms with E-state index >= 15 is 0 Å². The first-order valence-corrected chi connectivity index (χ1v) is 10.1. The molecule has 2 aromatic heterocycles. The maximum atomic E-state index is 13.0. The summed E-state index contributed by atoms with van der Waals surface area (Å²) in [4.78, 5) is 28.0. The van der Waals surface area contributed by atoms with Crippen molar-refractivity contribution in [3.05, 3.63) is 51.8 Å². The van der Waals surface area contributed by atoms with Crippen molar-refractivity contribution in [3.63, 3.8) is 0 Å². The van der Waals surface area contributed by atoms with E-state index in [1.54, 1.807) is 26.8 Å².